The second-order valence-corrected chi connectivity index (χ2v) is 4.97. The highest BCUT2D eigenvalue weighted by molar-refractivity contribution is 5.79. The minimum absolute atomic E-state index is 0.0273. The molecule has 1 aliphatic heterocycles. The lowest BCUT2D eigenvalue weighted by Crippen LogP contribution is -2.46. The molecule has 0 aromatic carbocycles. The summed E-state index contributed by atoms with van der Waals surface area (Å²) in [7, 11) is 0. The van der Waals surface area contributed by atoms with Crippen LogP contribution in [0.5, 0.6) is 0 Å². The van der Waals surface area contributed by atoms with Crippen LogP contribution >= 0.6 is 0 Å². The van der Waals surface area contributed by atoms with E-state index in [2.05, 4.69) is 13.8 Å². The average Bonchev–Trinajstić information content (AvgIpc) is 2.35. The summed E-state index contributed by atoms with van der Waals surface area (Å²) in [5, 5.41) is 8.96. The predicted octanol–water partition coefficient (Wildman–Crippen LogP) is 1.28. The lowest BCUT2D eigenvalue weighted by molar-refractivity contribution is -0.148. The van der Waals surface area contributed by atoms with Crippen LogP contribution < -0.4 is 0 Å². The molecule has 100 valence electrons. The number of hydrogen-bond acceptors (Lipinski definition) is 3. The number of hydrogen-bond donors (Lipinski definition) is 1. The number of aliphatic hydroxyl groups excluding tert-OH is 1. The number of carbonyl (C=O) groups is 1. The Bertz CT molecular complexity index is 243. The molecule has 1 amide bonds. The fourth-order valence-electron chi connectivity index (χ4n) is 2.50. The van der Waals surface area contributed by atoms with Gasteiger partial charge in [0.15, 0.2) is 0 Å². The van der Waals surface area contributed by atoms with Crippen molar-refractivity contribution in [1.29, 1.82) is 0 Å². The third-order valence-corrected chi connectivity index (χ3v) is 3.40. The van der Waals surface area contributed by atoms with Crippen molar-refractivity contribution in [2.75, 3.05) is 26.3 Å². The normalized spacial score (nSPS) is 25.0. The van der Waals surface area contributed by atoms with Gasteiger partial charge in [-0.2, -0.15) is 0 Å². The molecular weight excluding hydrogens is 218 g/mol. The van der Waals surface area contributed by atoms with Crippen LogP contribution in [0.25, 0.3) is 0 Å². The predicted molar refractivity (Wildman–Crippen MR) is 66.6 cm³/mol. The van der Waals surface area contributed by atoms with E-state index in [1.807, 2.05) is 6.92 Å². The molecule has 1 saturated heterocycles. The van der Waals surface area contributed by atoms with Crippen molar-refractivity contribution in [3.63, 3.8) is 0 Å². The Labute approximate surface area is 104 Å². The number of amides is 1. The summed E-state index contributed by atoms with van der Waals surface area (Å²) >= 11 is 0. The third kappa shape index (κ3) is 3.68. The minimum Gasteiger partial charge on any atom is -0.395 e. The molecule has 2 atom stereocenters. The summed E-state index contributed by atoms with van der Waals surface area (Å²) in [4.78, 5) is 14.1. The maximum atomic E-state index is 12.4. The van der Waals surface area contributed by atoms with Crippen LogP contribution in [0.1, 0.15) is 33.6 Å². The van der Waals surface area contributed by atoms with Crippen LogP contribution in [0, 0.1) is 11.8 Å². The zero-order valence-corrected chi connectivity index (χ0v) is 11.2. The topological polar surface area (TPSA) is 49.8 Å². The molecular formula is C13H25NO3. The first-order valence-electron chi connectivity index (χ1n) is 6.63. The van der Waals surface area contributed by atoms with Gasteiger partial charge in [0.25, 0.3) is 0 Å². The quantitative estimate of drug-likeness (QED) is 0.791. The van der Waals surface area contributed by atoms with E-state index >= 15 is 0 Å². The summed E-state index contributed by atoms with van der Waals surface area (Å²) < 4.78 is 5.74. The van der Waals surface area contributed by atoms with E-state index in [-0.39, 0.29) is 24.5 Å². The smallest absolute Gasteiger partial charge is 0.228 e. The lowest BCUT2D eigenvalue weighted by Gasteiger charge is -2.36. The number of aliphatic hydroxyl groups is 1. The summed E-state index contributed by atoms with van der Waals surface area (Å²) in [5.41, 5.74) is 0. The number of likely N-dealkylation sites (N-methyl/N-ethyl adjacent to an activating group) is 1. The zero-order chi connectivity index (χ0) is 12.8. The van der Waals surface area contributed by atoms with Gasteiger partial charge in [0.05, 0.1) is 18.6 Å². The van der Waals surface area contributed by atoms with E-state index < -0.39 is 0 Å². The van der Waals surface area contributed by atoms with E-state index in [0.717, 1.165) is 19.4 Å². The SMILES string of the molecule is CCN(CCO)C(=O)C1CCCOC1C(C)C. The largest absolute Gasteiger partial charge is 0.395 e. The number of ether oxygens (including phenoxy) is 1. The Morgan fingerprint density at radius 3 is 2.76 bits per heavy atom. The Morgan fingerprint density at radius 1 is 1.53 bits per heavy atom. The van der Waals surface area contributed by atoms with Gasteiger partial charge < -0.3 is 14.7 Å². The molecule has 4 heteroatoms. The Hall–Kier alpha value is -0.610. The summed E-state index contributed by atoms with van der Waals surface area (Å²) in [6, 6.07) is 0. The number of nitrogens with zero attached hydrogens (tertiary/aromatic N) is 1. The molecule has 1 rings (SSSR count). The fraction of sp³-hybridized carbons (Fsp3) is 0.923. The maximum Gasteiger partial charge on any atom is 0.228 e. The van der Waals surface area contributed by atoms with Gasteiger partial charge in [-0.05, 0) is 25.7 Å². The Kier molecular flexibility index (Phi) is 5.92. The van der Waals surface area contributed by atoms with Crippen molar-refractivity contribution in [3.8, 4) is 0 Å². The van der Waals surface area contributed by atoms with Gasteiger partial charge in [0.2, 0.25) is 5.91 Å². The van der Waals surface area contributed by atoms with Gasteiger partial charge in [-0.3, -0.25) is 4.79 Å². The monoisotopic (exact) mass is 243 g/mol. The molecule has 1 aliphatic rings. The fourth-order valence-corrected chi connectivity index (χ4v) is 2.50. The van der Waals surface area contributed by atoms with Gasteiger partial charge in [-0.25, -0.2) is 0 Å². The number of rotatable bonds is 5. The van der Waals surface area contributed by atoms with Crippen molar-refractivity contribution in [2.45, 2.75) is 39.7 Å². The lowest BCUT2D eigenvalue weighted by atomic mass is 9.86. The first-order valence-corrected chi connectivity index (χ1v) is 6.63. The average molecular weight is 243 g/mol. The van der Waals surface area contributed by atoms with Crippen LogP contribution in [0.3, 0.4) is 0 Å². The standard InChI is InChI=1S/C13H25NO3/c1-4-14(7-8-15)13(16)11-6-5-9-17-12(11)10(2)3/h10-12,15H,4-9H2,1-3H3. The van der Waals surface area contributed by atoms with E-state index in [4.69, 9.17) is 9.84 Å². The third-order valence-electron chi connectivity index (χ3n) is 3.40. The van der Waals surface area contributed by atoms with Gasteiger partial charge in [-0.1, -0.05) is 13.8 Å². The molecule has 4 nitrogen and oxygen atoms in total. The number of carbonyl (C=O) groups excluding carboxylic acids is 1. The van der Waals surface area contributed by atoms with Crippen molar-refractivity contribution in [1.82, 2.24) is 4.90 Å². The van der Waals surface area contributed by atoms with Crippen LogP contribution in [0.4, 0.5) is 0 Å². The molecule has 0 spiro atoms. The molecule has 0 saturated carbocycles. The van der Waals surface area contributed by atoms with Gasteiger partial charge >= 0.3 is 0 Å². The van der Waals surface area contributed by atoms with E-state index in [9.17, 15) is 4.79 Å². The van der Waals surface area contributed by atoms with Crippen molar-refractivity contribution >= 4 is 5.91 Å². The zero-order valence-electron chi connectivity index (χ0n) is 11.2. The van der Waals surface area contributed by atoms with E-state index in [0.29, 0.717) is 19.0 Å². The van der Waals surface area contributed by atoms with E-state index in [1.54, 1.807) is 4.90 Å². The van der Waals surface area contributed by atoms with Gasteiger partial charge in [0, 0.05) is 19.7 Å². The Balaban J connectivity index is 2.69. The summed E-state index contributed by atoms with van der Waals surface area (Å²) in [6.07, 6.45) is 1.89. The molecule has 2 unspecified atom stereocenters. The van der Waals surface area contributed by atoms with Crippen LogP contribution in [-0.2, 0) is 9.53 Å². The molecule has 0 aromatic rings. The highest BCUT2D eigenvalue weighted by Crippen LogP contribution is 2.27. The van der Waals surface area contributed by atoms with Crippen LogP contribution in [0.2, 0.25) is 0 Å². The van der Waals surface area contributed by atoms with Gasteiger partial charge in [0.1, 0.15) is 0 Å². The second kappa shape index (κ2) is 6.97. The molecule has 1 fully saturated rings. The first-order chi connectivity index (χ1) is 8.11. The molecule has 1 heterocycles. The molecule has 1 N–H and O–H groups in total. The Morgan fingerprint density at radius 2 is 2.24 bits per heavy atom. The minimum atomic E-state index is -0.0322. The first kappa shape index (κ1) is 14.5. The van der Waals surface area contributed by atoms with Crippen molar-refractivity contribution < 1.29 is 14.6 Å². The summed E-state index contributed by atoms with van der Waals surface area (Å²) in [5.74, 6) is 0.465. The summed E-state index contributed by atoms with van der Waals surface area (Å²) in [6.45, 7) is 8.01. The maximum absolute atomic E-state index is 12.4. The van der Waals surface area contributed by atoms with E-state index in [1.165, 1.54) is 0 Å². The molecule has 0 aromatic heterocycles. The molecule has 0 bridgehead atoms. The molecule has 0 radical (unpaired) electrons. The molecule has 0 aliphatic carbocycles. The van der Waals surface area contributed by atoms with Crippen molar-refractivity contribution in [3.05, 3.63) is 0 Å². The highest BCUT2D eigenvalue weighted by atomic mass is 16.5. The molecule has 17 heavy (non-hydrogen) atoms. The second-order valence-electron chi connectivity index (χ2n) is 4.97. The highest BCUT2D eigenvalue weighted by Gasteiger charge is 2.35. The van der Waals surface area contributed by atoms with Gasteiger partial charge in [-0.15, -0.1) is 0 Å². The van der Waals surface area contributed by atoms with Crippen LogP contribution in [0.15, 0.2) is 0 Å². The van der Waals surface area contributed by atoms with Crippen LogP contribution in [-0.4, -0.2) is 48.3 Å². The van der Waals surface area contributed by atoms with Crippen molar-refractivity contribution in [2.24, 2.45) is 11.8 Å².